The largest absolute Gasteiger partial charge is 0.493 e. The predicted molar refractivity (Wildman–Crippen MR) is 127 cm³/mol. The van der Waals surface area contributed by atoms with Gasteiger partial charge in [0.15, 0.2) is 11.5 Å². The molecule has 2 amide bonds. The lowest BCUT2D eigenvalue weighted by molar-refractivity contribution is -0.111. The minimum Gasteiger partial charge on any atom is -0.493 e. The molecule has 0 bridgehead atoms. The lowest BCUT2D eigenvalue weighted by Crippen LogP contribution is -2.27. The third kappa shape index (κ3) is 6.54. The molecule has 1 aromatic carbocycles. The first kappa shape index (κ1) is 25.6. The van der Waals surface area contributed by atoms with Crippen LogP contribution in [0.15, 0.2) is 24.3 Å². The Morgan fingerprint density at radius 1 is 1.21 bits per heavy atom. The van der Waals surface area contributed by atoms with Gasteiger partial charge < -0.3 is 24.8 Å². The van der Waals surface area contributed by atoms with Crippen LogP contribution < -0.4 is 20.1 Å². The lowest BCUT2D eigenvalue weighted by Gasteiger charge is -2.13. The Morgan fingerprint density at radius 3 is 2.74 bits per heavy atom. The first-order valence-corrected chi connectivity index (χ1v) is 11.8. The smallest absolute Gasteiger partial charge is 0.387 e. The van der Waals surface area contributed by atoms with Gasteiger partial charge in [-0.3, -0.25) is 9.59 Å². The zero-order chi connectivity index (χ0) is 24.5. The summed E-state index contributed by atoms with van der Waals surface area (Å²) in [5, 5.41) is 6.18. The van der Waals surface area contributed by atoms with Gasteiger partial charge in [-0.1, -0.05) is 12.1 Å². The lowest BCUT2D eigenvalue weighted by atomic mass is 9.95. The Bertz CT molecular complexity index is 1040. The average Bonchev–Trinajstić information content (AvgIpc) is 3.18. The molecule has 0 saturated carbocycles. The molecule has 0 unspecified atom stereocenters. The van der Waals surface area contributed by atoms with Crippen molar-refractivity contribution < 1.29 is 32.6 Å². The zero-order valence-corrected chi connectivity index (χ0v) is 19.9. The van der Waals surface area contributed by atoms with Crippen molar-refractivity contribution in [3.63, 3.8) is 0 Å². The summed E-state index contributed by atoms with van der Waals surface area (Å²) in [6.45, 7) is -2.04. The number of methoxy groups -OCH3 is 2. The number of alkyl halides is 2. The number of nitrogens with one attached hydrogen (secondary N) is 2. The number of rotatable bonds is 11. The van der Waals surface area contributed by atoms with Crippen LogP contribution in [-0.2, 0) is 22.4 Å². The second kappa shape index (κ2) is 12.5. The van der Waals surface area contributed by atoms with Crippen LogP contribution >= 0.6 is 11.3 Å². The van der Waals surface area contributed by atoms with Crippen molar-refractivity contribution in [2.24, 2.45) is 0 Å². The Balaban J connectivity index is 1.79. The summed E-state index contributed by atoms with van der Waals surface area (Å²) in [5.41, 5.74) is 1.75. The molecule has 184 valence electrons. The average molecular weight is 495 g/mol. The van der Waals surface area contributed by atoms with Crippen molar-refractivity contribution in [3.05, 3.63) is 45.8 Å². The highest BCUT2D eigenvalue weighted by Crippen LogP contribution is 2.38. The van der Waals surface area contributed by atoms with Gasteiger partial charge in [0, 0.05) is 36.8 Å². The number of carbonyl (C=O) groups is 2. The van der Waals surface area contributed by atoms with E-state index < -0.39 is 12.5 Å². The van der Waals surface area contributed by atoms with E-state index in [2.05, 4.69) is 15.4 Å². The van der Waals surface area contributed by atoms with E-state index in [9.17, 15) is 18.4 Å². The molecule has 10 heteroatoms. The molecule has 1 aliphatic rings. The van der Waals surface area contributed by atoms with E-state index >= 15 is 0 Å². The summed E-state index contributed by atoms with van der Waals surface area (Å²) in [4.78, 5) is 26.7. The Morgan fingerprint density at radius 2 is 2.00 bits per heavy atom. The van der Waals surface area contributed by atoms with Gasteiger partial charge in [-0.15, -0.1) is 11.3 Å². The standard InChI is InChI=1S/C24H28F2N2O5S/c1-31-14-6-13-27-22(30)20-16-8-3-4-10-18(16)34-23(20)28-19(29)12-11-15-7-5-9-17(32-2)21(15)33-24(25)26/h5,7,9,11-12,24H,3-4,6,8,10,13-14H2,1-2H3,(H,27,30)(H,28,29)/b12-11+. The fourth-order valence-electron chi connectivity index (χ4n) is 3.76. The van der Waals surface area contributed by atoms with Gasteiger partial charge in [0.05, 0.1) is 12.7 Å². The van der Waals surface area contributed by atoms with Crippen LogP contribution in [0.3, 0.4) is 0 Å². The van der Waals surface area contributed by atoms with Crippen LogP contribution in [0.1, 0.15) is 45.6 Å². The molecule has 1 aromatic heterocycles. The molecular formula is C24H28F2N2O5S. The number of amides is 2. The van der Waals surface area contributed by atoms with Crippen LogP contribution in [0.25, 0.3) is 6.08 Å². The van der Waals surface area contributed by atoms with Crippen molar-refractivity contribution in [2.45, 2.75) is 38.7 Å². The molecule has 0 fully saturated rings. The topological polar surface area (TPSA) is 85.9 Å². The van der Waals surface area contributed by atoms with E-state index in [1.165, 1.54) is 42.7 Å². The second-order valence-corrected chi connectivity index (χ2v) is 8.70. The fourth-order valence-corrected chi connectivity index (χ4v) is 5.05. The third-order valence-electron chi connectivity index (χ3n) is 5.30. The normalized spacial score (nSPS) is 13.1. The maximum Gasteiger partial charge on any atom is 0.387 e. The summed E-state index contributed by atoms with van der Waals surface area (Å²) in [5.74, 6) is -0.749. The number of hydrogen-bond acceptors (Lipinski definition) is 6. The van der Waals surface area contributed by atoms with Gasteiger partial charge in [-0.05, 0) is 49.8 Å². The minimum atomic E-state index is -3.04. The zero-order valence-electron chi connectivity index (χ0n) is 19.1. The molecule has 2 aromatic rings. The van der Waals surface area contributed by atoms with E-state index in [-0.39, 0.29) is 23.0 Å². The summed E-state index contributed by atoms with van der Waals surface area (Å²) in [7, 11) is 2.95. The van der Waals surface area contributed by atoms with Crippen LogP contribution in [0.2, 0.25) is 0 Å². The fraction of sp³-hybridized carbons (Fsp3) is 0.417. The van der Waals surface area contributed by atoms with E-state index in [0.717, 1.165) is 36.1 Å². The molecule has 0 spiro atoms. The third-order valence-corrected chi connectivity index (χ3v) is 6.50. The molecule has 0 saturated heterocycles. The molecule has 2 N–H and O–H groups in total. The molecule has 7 nitrogen and oxygen atoms in total. The molecule has 1 heterocycles. The summed E-state index contributed by atoms with van der Waals surface area (Å²) >= 11 is 1.41. The first-order chi connectivity index (χ1) is 16.4. The summed E-state index contributed by atoms with van der Waals surface area (Å²) in [6.07, 6.45) is 6.95. The monoisotopic (exact) mass is 494 g/mol. The highest BCUT2D eigenvalue weighted by Gasteiger charge is 2.26. The summed E-state index contributed by atoms with van der Waals surface area (Å²) < 4.78 is 40.4. The Hall–Kier alpha value is -2.98. The van der Waals surface area contributed by atoms with Gasteiger partial charge in [-0.25, -0.2) is 0 Å². The van der Waals surface area contributed by atoms with E-state index in [1.807, 2.05) is 0 Å². The Labute approximate surface area is 201 Å². The van der Waals surface area contributed by atoms with Crippen LogP contribution in [-0.4, -0.2) is 45.8 Å². The second-order valence-electron chi connectivity index (χ2n) is 7.60. The maximum atomic E-state index is 12.9. The number of aryl methyl sites for hydroxylation is 1. The maximum absolute atomic E-state index is 12.9. The molecule has 34 heavy (non-hydrogen) atoms. The van der Waals surface area contributed by atoms with Gasteiger partial charge in [-0.2, -0.15) is 8.78 Å². The number of para-hydroxylation sites is 1. The van der Waals surface area contributed by atoms with Crippen molar-refractivity contribution in [2.75, 3.05) is 32.7 Å². The highest BCUT2D eigenvalue weighted by atomic mass is 32.1. The van der Waals surface area contributed by atoms with Gasteiger partial charge >= 0.3 is 6.61 Å². The molecule has 0 radical (unpaired) electrons. The van der Waals surface area contributed by atoms with Gasteiger partial charge in [0.1, 0.15) is 5.00 Å². The number of halogens is 2. The number of carbonyl (C=O) groups excluding carboxylic acids is 2. The van der Waals surface area contributed by atoms with Crippen LogP contribution in [0.4, 0.5) is 13.8 Å². The van der Waals surface area contributed by atoms with Crippen molar-refractivity contribution in [1.29, 1.82) is 0 Å². The van der Waals surface area contributed by atoms with Crippen molar-refractivity contribution in [3.8, 4) is 11.5 Å². The number of ether oxygens (including phenoxy) is 3. The summed E-state index contributed by atoms with van der Waals surface area (Å²) in [6, 6.07) is 4.63. The number of hydrogen-bond donors (Lipinski definition) is 2. The SMILES string of the molecule is COCCCNC(=O)c1c(NC(=O)/C=C/c2cccc(OC)c2OC(F)F)sc2c1CCCC2. The first-order valence-electron chi connectivity index (χ1n) is 11.0. The van der Waals surface area contributed by atoms with Gasteiger partial charge in [0.25, 0.3) is 5.91 Å². The predicted octanol–water partition coefficient (Wildman–Crippen LogP) is 4.66. The number of anilines is 1. The van der Waals surface area contributed by atoms with Crippen LogP contribution in [0.5, 0.6) is 11.5 Å². The molecule has 1 aliphatic carbocycles. The highest BCUT2D eigenvalue weighted by molar-refractivity contribution is 7.17. The van der Waals surface area contributed by atoms with Gasteiger partial charge in [0.2, 0.25) is 5.91 Å². The van der Waals surface area contributed by atoms with Crippen LogP contribution in [0, 0.1) is 0 Å². The Kier molecular flexibility index (Phi) is 9.41. The van der Waals surface area contributed by atoms with Crippen molar-refractivity contribution in [1.82, 2.24) is 5.32 Å². The quantitative estimate of drug-likeness (QED) is 0.351. The molecule has 0 atom stereocenters. The minimum absolute atomic E-state index is 0.126. The van der Waals surface area contributed by atoms with E-state index in [0.29, 0.717) is 30.1 Å². The number of benzene rings is 1. The van der Waals surface area contributed by atoms with E-state index in [4.69, 9.17) is 9.47 Å². The van der Waals surface area contributed by atoms with Crippen molar-refractivity contribution >= 4 is 34.2 Å². The molecule has 0 aliphatic heterocycles. The number of fused-ring (bicyclic) bond motifs is 1. The molecular weight excluding hydrogens is 466 g/mol. The van der Waals surface area contributed by atoms with E-state index in [1.54, 1.807) is 13.2 Å². The number of thiophene rings is 1. The molecule has 3 rings (SSSR count).